The van der Waals surface area contributed by atoms with E-state index in [9.17, 15) is 19.7 Å². The normalized spacial score (nSPS) is 9.90. The number of carbonyl (C=O) groups is 2. The summed E-state index contributed by atoms with van der Waals surface area (Å²) >= 11 is 0. The summed E-state index contributed by atoms with van der Waals surface area (Å²) in [6, 6.07) is 3.67. The topological polar surface area (TPSA) is 95.7 Å². The van der Waals surface area contributed by atoms with Crippen LogP contribution in [0.5, 0.6) is 5.75 Å². The Morgan fingerprint density at radius 2 is 2.00 bits per heavy atom. The van der Waals surface area contributed by atoms with Gasteiger partial charge in [-0.1, -0.05) is 6.92 Å². The molecule has 0 spiro atoms. The van der Waals surface area contributed by atoms with Gasteiger partial charge in [0.25, 0.3) is 5.69 Å². The van der Waals surface area contributed by atoms with Crippen molar-refractivity contribution in [3.8, 4) is 5.75 Å². The van der Waals surface area contributed by atoms with Crippen molar-refractivity contribution < 1.29 is 24.0 Å². The molecule has 0 atom stereocenters. The summed E-state index contributed by atoms with van der Waals surface area (Å²) in [5.74, 6) is -0.733. The molecular formula is C13H15NO6. The molecule has 0 saturated heterocycles. The fraction of sp³-hybridized carbons (Fsp3) is 0.385. The largest absolute Gasteiger partial charge is 0.481 e. The number of hydrogen-bond donors (Lipinski definition) is 0. The van der Waals surface area contributed by atoms with Gasteiger partial charge in [-0.05, 0) is 13.0 Å². The molecule has 0 aromatic heterocycles. The molecule has 1 aromatic carbocycles. The maximum absolute atomic E-state index is 11.8. The number of carbonyl (C=O) groups excluding carboxylic acids is 2. The SMILES string of the molecule is CCOC(=O)COc1ccc([N+](=O)[O-])cc1C(=O)CC. The van der Waals surface area contributed by atoms with Crippen LogP contribution in [0.15, 0.2) is 18.2 Å². The standard InChI is InChI=1S/C13H15NO6/c1-3-11(15)10-7-9(14(17)18)5-6-12(10)20-8-13(16)19-4-2/h5-7H,3-4,8H2,1-2H3. The zero-order valence-corrected chi connectivity index (χ0v) is 11.3. The number of hydrogen-bond acceptors (Lipinski definition) is 6. The molecule has 0 radical (unpaired) electrons. The highest BCUT2D eigenvalue weighted by Crippen LogP contribution is 2.25. The van der Waals surface area contributed by atoms with Gasteiger partial charge >= 0.3 is 5.97 Å². The van der Waals surface area contributed by atoms with Crippen LogP contribution in [0.25, 0.3) is 0 Å². The van der Waals surface area contributed by atoms with E-state index in [4.69, 9.17) is 9.47 Å². The zero-order valence-electron chi connectivity index (χ0n) is 11.3. The number of non-ortho nitro benzene ring substituents is 1. The first kappa shape index (κ1) is 15.6. The average Bonchev–Trinajstić information content (AvgIpc) is 2.44. The van der Waals surface area contributed by atoms with Crippen molar-refractivity contribution in [2.75, 3.05) is 13.2 Å². The number of ketones is 1. The van der Waals surface area contributed by atoms with Gasteiger partial charge in [-0.2, -0.15) is 0 Å². The summed E-state index contributed by atoms with van der Waals surface area (Å²) < 4.78 is 9.89. The monoisotopic (exact) mass is 281 g/mol. The van der Waals surface area contributed by atoms with Crippen LogP contribution in [0.2, 0.25) is 0 Å². The fourth-order valence-corrected chi connectivity index (χ4v) is 1.51. The number of rotatable bonds is 7. The predicted octanol–water partition coefficient (Wildman–Crippen LogP) is 2.13. The fourth-order valence-electron chi connectivity index (χ4n) is 1.51. The second-order valence-corrected chi connectivity index (χ2v) is 3.81. The Morgan fingerprint density at radius 3 is 2.55 bits per heavy atom. The molecule has 20 heavy (non-hydrogen) atoms. The van der Waals surface area contributed by atoms with E-state index >= 15 is 0 Å². The first-order chi connectivity index (χ1) is 9.49. The van der Waals surface area contributed by atoms with E-state index in [2.05, 4.69) is 0 Å². The molecule has 108 valence electrons. The summed E-state index contributed by atoms with van der Waals surface area (Å²) in [6.45, 7) is 3.17. The van der Waals surface area contributed by atoms with Crippen molar-refractivity contribution in [2.24, 2.45) is 0 Å². The van der Waals surface area contributed by atoms with Crippen molar-refractivity contribution in [3.63, 3.8) is 0 Å². The third-order valence-corrected chi connectivity index (χ3v) is 2.45. The first-order valence-corrected chi connectivity index (χ1v) is 6.09. The number of nitrogens with zero attached hydrogens (tertiary/aromatic N) is 1. The number of esters is 1. The molecule has 0 unspecified atom stereocenters. The molecule has 7 nitrogen and oxygen atoms in total. The molecule has 0 heterocycles. The van der Waals surface area contributed by atoms with E-state index in [0.717, 1.165) is 6.07 Å². The van der Waals surface area contributed by atoms with Gasteiger partial charge in [-0.15, -0.1) is 0 Å². The number of nitro benzene ring substituents is 1. The van der Waals surface area contributed by atoms with Gasteiger partial charge in [0.1, 0.15) is 5.75 Å². The molecule has 0 aliphatic carbocycles. The van der Waals surface area contributed by atoms with Gasteiger partial charge in [-0.25, -0.2) is 4.79 Å². The van der Waals surface area contributed by atoms with Crippen LogP contribution in [-0.4, -0.2) is 29.9 Å². The van der Waals surface area contributed by atoms with Gasteiger partial charge in [-0.3, -0.25) is 14.9 Å². The van der Waals surface area contributed by atoms with Crippen LogP contribution >= 0.6 is 0 Å². The summed E-state index contributed by atoms with van der Waals surface area (Å²) in [5.41, 5.74) is -0.115. The first-order valence-electron chi connectivity index (χ1n) is 6.09. The van der Waals surface area contributed by atoms with Gasteiger partial charge in [0.05, 0.1) is 17.1 Å². The highest BCUT2D eigenvalue weighted by Gasteiger charge is 2.17. The summed E-state index contributed by atoms with van der Waals surface area (Å²) in [7, 11) is 0. The average molecular weight is 281 g/mol. The second kappa shape index (κ2) is 7.22. The van der Waals surface area contributed by atoms with Crippen LogP contribution in [0.1, 0.15) is 30.6 Å². The van der Waals surface area contributed by atoms with Crippen molar-refractivity contribution in [3.05, 3.63) is 33.9 Å². The molecule has 0 amide bonds. The van der Waals surface area contributed by atoms with E-state index in [0.29, 0.717) is 0 Å². The Bertz CT molecular complexity index is 526. The maximum Gasteiger partial charge on any atom is 0.344 e. The molecule has 0 N–H and O–H groups in total. The lowest BCUT2D eigenvalue weighted by molar-refractivity contribution is -0.384. The molecule has 0 saturated carbocycles. The Labute approximate surface area is 115 Å². The molecule has 0 aliphatic heterocycles. The third kappa shape index (κ3) is 4.04. The maximum atomic E-state index is 11.8. The quantitative estimate of drug-likeness (QED) is 0.329. The van der Waals surface area contributed by atoms with Crippen molar-refractivity contribution >= 4 is 17.4 Å². The predicted molar refractivity (Wildman–Crippen MR) is 69.8 cm³/mol. The number of Topliss-reactive ketones (excluding diaryl/α,β-unsaturated/α-hetero) is 1. The molecular weight excluding hydrogens is 266 g/mol. The van der Waals surface area contributed by atoms with E-state index < -0.39 is 10.9 Å². The Kier molecular flexibility index (Phi) is 5.64. The van der Waals surface area contributed by atoms with Gasteiger partial charge in [0, 0.05) is 18.6 Å². The number of benzene rings is 1. The lowest BCUT2D eigenvalue weighted by Crippen LogP contribution is -2.16. The number of nitro groups is 1. The van der Waals surface area contributed by atoms with Crippen molar-refractivity contribution in [1.29, 1.82) is 0 Å². The minimum Gasteiger partial charge on any atom is -0.481 e. The van der Waals surface area contributed by atoms with Crippen LogP contribution in [-0.2, 0) is 9.53 Å². The lowest BCUT2D eigenvalue weighted by Gasteiger charge is -2.09. The molecule has 0 bridgehead atoms. The van der Waals surface area contributed by atoms with E-state index in [-0.39, 0.29) is 42.4 Å². The minimum atomic E-state index is -0.596. The molecule has 1 aromatic rings. The molecule has 0 fully saturated rings. The summed E-state index contributed by atoms with van der Waals surface area (Å²) in [4.78, 5) is 33.1. The van der Waals surface area contributed by atoms with Crippen LogP contribution < -0.4 is 4.74 Å². The highest BCUT2D eigenvalue weighted by atomic mass is 16.6. The molecule has 0 aliphatic rings. The molecule has 7 heteroatoms. The van der Waals surface area contributed by atoms with Crippen LogP contribution in [0, 0.1) is 10.1 Å². The minimum absolute atomic E-state index is 0.0889. The third-order valence-electron chi connectivity index (χ3n) is 2.45. The van der Waals surface area contributed by atoms with Crippen LogP contribution in [0.3, 0.4) is 0 Å². The Hall–Kier alpha value is -2.44. The van der Waals surface area contributed by atoms with Crippen molar-refractivity contribution in [2.45, 2.75) is 20.3 Å². The Morgan fingerprint density at radius 1 is 1.30 bits per heavy atom. The van der Waals surface area contributed by atoms with E-state index in [1.807, 2.05) is 0 Å². The van der Waals surface area contributed by atoms with Gasteiger partial charge in [0.15, 0.2) is 12.4 Å². The summed E-state index contributed by atoms with van der Waals surface area (Å²) in [6.07, 6.45) is 0.178. The number of ether oxygens (including phenoxy) is 2. The molecule has 1 rings (SSSR count). The van der Waals surface area contributed by atoms with Gasteiger partial charge < -0.3 is 9.47 Å². The smallest absolute Gasteiger partial charge is 0.344 e. The van der Waals surface area contributed by atoms with Crippen molar-refractivity contribution in [1.82, 2.24) is 0 Å². The summed E-state index contributed by atoms with van der Waals surface area (Å²) in [5, 5.41) is 10.7. The highest BCUT2D eigenvalue weighted by molar-refractivity contribution is 5.99. The van der Waals surface area contributed by atoms with E-state index in [1.54, 1.807) is 13.8 Å². The second-order valence-electron chi connectivity index (χ2n) is 3.81. The van der Waals surface area contributed by atoms with Gasteiger partial charge in [0.2, 0.25) is 0 Å². The van der Waals surface area contributed by atoms with Crippen LogP contribution in [0.4, 0.5) is 5.69 Å². The lowest BCUT2D eigenvalue weighted by atomic mass is 10.1. The Balaban J connectivity index is 2.97. The van der Waals surface area contributed by atoms with E-state index in [1.165, 1.54) is 12.1 Å². The zero-order chi connectivity index (χ0) is 15.1.